The molecular weight excluding hydrogens is 476 g/mol. The van der Waals surface area contributed by atoms with E-state index in [-0.39, 0.29) is 11.5 Å². The zero-order valence-corrected chi connectivity index (χ0v) is 21.5. The van der Waals surface area contributed by atoms with Gasteiger partial charge in [0.2, 0.25) is 0 Å². The number of thiocarbonyl (C=S) groups is 1. The molecule has 1 aromatic carbocycles. The zero-order chi connectivity index (χ0) is 24.0. The third-order valence-corrected chi connectivity index (χ3v) is 9.14. The predicted molar refractivity (Wildman–Crippen MR) is 144 cm³/mol. The highest BCUT2D eigenvalue weighted by Crippen LogP contribution is 2.58. The monoisotopic (exact) mass is 506 g/mol. The van der Waals surface area contributed by atoms with Gasteiger partial charge in [0.05, 0.1) is 17.7 Å². The number of esters is 1. The van der Waals surface area contributed by atoms with Gasteiger partial charge in [-0.1, -0.05) is 30.3 Å². The van der Waals surface area contributed by atoms with Crippen LogP contribution in [-0.4, -0.2) is 27.5 Å². The number of ether oxygens (including phenoxy) is 1. The van der Waals surface area contributed by atoms with Crippen molar-refractivity contribution in [2.24, 2.45) is 17.8 Å². The molecule has 0 saturated heterocycles. The first-order valence-electron chi connectivity index (χ1n) is 12.5. The molecule has 0 aliphatic heterocycles. The molecule has 0 radical (unpaired) electrons. The molecule has 182 valence electrons. The van der Waals surface area contributed by atoms with Gasteiger partial charge in [0, 0.05) is 17.1 Å². The molecule has 7 rings (SSSR count). The predicted octanol–water partition coefficient (Wildman–Crippen LogP) is 6.52. The van der Waals surface area contributed by atoms with E-state index in [0.717, 1.165) is 34.0 Å². The number of hydrogen-bond acceptors (Lipinski definition) is 5. The van der Waals surface area contributed by atoms with Crippen LogP contribution in [0, 0.1) is 17.8 Å². The van der Waals surface area contributed by atoms with Crippen molar-refractivity contribution in [2.75, 3.05) is 17.2 Å². The third kappa shape index (κ3) is 4.38. The highest BCUT2D eigenvalue weighted by molar-refractivity contribution is 7.80. The lowest BCUT2D eigenvalue weighted by Gasteiger charge is -2.56. The van der Waals surface area contributed by atoms with Crippen molar-refractivity contribution in [2.45, 2.75) is 51.0 Å². The van der Waals surface area contributed by atoms with E-state index < -0.39 is 0 Å². The first-order chi connectivity index (χ1) is 17.0. The maximum absolute atomic E-state index is 12.6. The van der Waals surface area contributed by atoms with E-state index in [1.165, 1.54) is 49.9 Å². The molecule has 0 unspecified atom stereocenters. The van der Waals surface area contributed by atoms with Crippen molar-refractivity contribution < 1.29 is 9.53 Å². The van der Waals surface area contributed by atoms with Crippen LogP contribution in [0.2, 0.25) is 0 Å². The molecule has 4 saturated carbocycles. The number of nitrogens with one attached hydrogen (secondary N) is 2. The van der Waals surface area contributed by atoms with Gasteiger partial charge in [0.25, 0.3) is 0 Å². The smallest absolute Gasteiger partial charge is 0.341 e. The van der Waals surface area contributed by atoms with Crippen LogP contribution in [0.4, 0.5) is 10.8 Å². The van der Waals surface area contributed by atoms with Gasteiger partial charge in [-0.05, 0) is 87.1 Å². The largest absolute Gasteiger partial charge is 0.462 e. The summed E-state index contributed by atoms with van der Waals surface area (Å²) in [6.07, 6.45) is 10.1. The van der Waals surface area contributed by atoms with E-state index >= 15 is 0 Å². The molecule has 3 aromatic rings. The molecule has 2 heterocycles. The van der Waals surface area contributed by atoms with Crippen molar-refractivity contribution in [1.82, 2.24) is 9.78 Å². The van der Waals surface area contributed by atoms with E-state index in [1.54, 1.807) is 0 Å². The number of carbonyl (C=O) groups excluding carboxylic acids is 1. The van der Waals surface area contributed by atoms with Crippen LogP contribution in [0.15, 0.2) is 48.7 Å². The topological polar surface area (TPSA) is 68.2 Å². The third-order valence-electron chi connectivity index (χ3n) is 7.84. The Bertz CT molecular complexity index is 1210. The van der Waals surface area contributed by atoms with Gasteiger partial charge >= 0.3 is 5.97 Å². The van der Waals surface area contributed by atoms with Crippen LogP contribution in [0.25, 0.3) is 10.4 Å². The number of anilines is 2. The molecule has 4 bridgehead atoms. The Morgan fingerprint density at radius 3 is 2.46 bits per heavy atom. The molecule has 4 aliphatic rings. The van der Waals surface area contributed by atoms with E-state index in [2.05, 4.69) is 21.5 Å². The minimum absolute atomic E-state index is 0.180. The van der Waals surface area contributed by atoms with Crippen LogP contribution in [0.3, 0.4) is 0 Å². The van der Waals surface area contributed by atoms with Gasteiger partial charge in [0.1, 0.15) is 5.00 Å². The Morgan fingerprint density at radius 1 is 1.11 bits per heavy atom. The summed E-state index contributed by atoms with van der Waals surface area (Å²) in [5.41, 5.74) is 1.71. The number of hydrogen-bond donors (Lipinski definition) is 2. The van der Waals surface area contributed by atoms with Crippen LogP contribution in [0.1, 0.15) is 55.8 Å². The van der Waals surface area contributed by atoms with Crippen LogP contribution < -0.4 is 10.6 Å². The Hall–Kier alpha value is -2.71. The Morgan fingerprint density at radius 2 is 1.80 bits per heavy atom. The highest BCUT2D eigenvalue weighted by Gasteiger charge is 2.52. The van der Waals surface area contributed by atoms with Crippen LogP contribution >= 0.6 is 23.6 Å². The van der Waals surface area contributed by atoms with Crippen LogP contribution in [-0.2, 0) is 10.3 Å². The number of rotatable bonds is 6. The summed E-state index contributed by atoms with van der Waals surface area (Å²) in [4.78, 5) is 13.6. The average molecular weight is 507 g/mol. The molecule has 4 fully saturated rings. The lowest BCUT2D eigenvalue weighted by molar-refractivity contribution is -0.0492. The van der Waals surface area contributed by atoms with Crippen molar-refractivity contribution in [3.63, 3.8) is 0 Å². The number of thiophene rings is 1. The summed E-state index contributed by atoms with van der Waals surface area (Å²) in [5.74, 6) is 2.97. The Kier molecular flexibility index (Phi) is 5.89. The molecule has 6 nitrogen and oxygen atoms in total. The number of nitrogens with zero attached hydrogens (tertiary/aromatic N) is 2. The standard InChI is InChI=1S/C27H30N4O2S2/c1-2-33-25(32)21-13-22(20-6-4-3-5-7-20)35-24(21)29-26(34)28-23-8-9-31(30-23)27-14-17-10-18(15-27)12-19(11-17)16-27/h3-9,13,17-19H,2,10-12,14-16H2,1H3,(H2,28,29,30,34). The quantitative estimate of drug-likeness (QED) is 0.293. The summed E-state index contributed by atoms with van der Waals surface area (Å²) in [6, 6.07) is 13.9. The normalized spacial score (nSPS) is 26.5. The van der Waals surface area contributed by atoms with Crippen molar-refractivity contribution >= 4 is 45.5 Å². The Labute approximate surface area is 215 Å². The second-order valence-electron chi connectivity index (χ2n) is 10.3. The minimum Gasteiger partial charge on any atom is -0.462 e. The fourth-order valence-electron chi connectivity index (χ4n) is 6.84. The summed E-state index contributed by atoms with van der Waals surface area (Å²) in [5, 5.41) is 12.4. The van der Waals surface area contributed by atoms with Gasteiger partial charge in [0.15, 0.2) is 10.9 Å². The molecule has 2 N–H and O–H groups in total. The van der Waals surface area contributed by atoms with E-state index in [0.29, 0.717) is 22.3 Å². The molecule has 0 spiro atoms. The minimum atomic E-state index is -0.359. The summed E-state index contributed by atoms with van der Waals surface area (Å²) >= 11 is 7.10. The second kappa shape index (κ2) is 9.06. The number of benzene rings is 1. The molecule has 0 atom stereocenters. The average Bonchev–Trinajstić information content (AvgIpc) is 3.47. The second-order valence-corrected chi connectivity index (χ2v) is 11.8. The first-order valence-corrected chi connectivity index (χ1v) is 13.7. The van der Waals surface area contributed by atoms with E-state index in [4.69, 9.17) is 22.1 Å². The van der Waals surface area contributed by atoms with Gasteiger partial charge in [-0.25, -0.2) is 4.79 Å². The van der Waals surface area contributed by atoms with Gasteiger partial charge < -0.3 is 15.4 Å². The molecule has 35 heavy (non-hydrogen) atoms. The highest BCUT2D eigenvalue weighted by atomic mass is 32.1. The number of aromatic nitrogens is 2. The lowest BCUT2D eigenvalue weighted by atomic mass is 9.53. The maximum atomic E-state index is 12.6. The zero-order valence-electron chi connectivity index (χ0n) is 19.8. The van der Waals surface area contributed by atoms with Crippen LogP contribution in [0.5, 0.6) is 0 Å². The maximum Gasteiger partial charge on any atom is 0.341 e. The van der Waals surface area contributed by atoms with Gasteiger partial charge in [-0.3, -0.25) is 4.68 Å². The lowest BCUT2D eigenvalue weighted by Crippen LogP contribution is -2.52. The number of carbonyl (C=O) groups is 1. The van der Waals surface area contributed by atoms with Crippen molar-refractivity contribution in [1.29, 1.82) is 0 Å². The summed E-state index contributed by atoms with van der Waals surface area (Å²) in [6.45, 7) is 2.13. The van der Waals surface area contributed by atoms with Gasteiger partial charge in [-0.15, -0.1) is 11.3 Å². The molecular formula is C27H30N4O2S2. The van der Waals surface area contributed by atoms with Gasteiger partial charge in [-0.2, -0.15) is 5.10 Å². The Balaban J connectivity index is 1.19. The van der Waals surface area contributed by atoms with E-state index in [1.807, 2.05) is 49.4 Å². The van der Waals surface area contributed by atoms with E-state index in [9.17, 15) is 4.79 Å². The summed E-state index contributed by atoms with van der Waals surface area (Å²) in [7, 11) is 0. The summed E-state index contributed by atoms with van der Waals surface area (Å²) < 4.78 is 7.50. The molecule has 4 aliphatic carbocycles. The fourth-order valence-corrected chi connectivity index (χ4v) is 8.17. The molecule has 0 amide bonds. The molecule has 8 heteroatoms. The fraction of sp³-hybridized carbons (Fsp3) is 0.444. The first kappa shape index (κ1) is 22.7. The van der Waals surface area contributed by atoms with Crippen molar-refractivity contribution in [3.05, 3.63) is 54.2 Å². The SMILES string of the molecule is CCOC(=O)c1cc(-c2ccccc2)sc1NC(=S)Nc1ccn(C23CC4CC(CC(C4)C2)C3)n1. The van der Waals surface area contributed by atoms with Crippen molar-refractivity contribution in [3.8, 4) is 10.4 Å². The molecule has 2 aromatic heterocycles.